The van der Waals surface area contributed by atoms with Crippen LogP contribution in [-0.2, 0) is 9.53 Å². The van der Waals surface area contributed by atoms with Gasteiger partial charge in [-0.1, -0.05) is 0 Å². The Hall–Kier alpha value is -0.610. The second kappa shape index (κ2) is 10.2. The summed E-state index contributed by atoms with van der Waals surface area (Å²) in [7, 11) is 3.77. The second-order valence-corrected chi connectivity index (χ2v) is 6.36. The molecule has 1 saturated heterocycles. The molecule has 0 aromatic carbocycles. The predicted octanol–water partition coefficient (Wildman–Crippen LogP) is 0.0147. The zero-order valence-electron chi connectivity index (χ0n) is 14.2. The molecule has 7 nitrogen and oxygen atoms in total. The van der Waals surface area contributed by atoms with Gasteiger partial charge in [0.25, 0.3) is 0 Å². The van der Waals surface area contributed by atoms with Crippen LogP contribution < -0.4 is 16.0 Å². The molecule has 1 unspecified atom stereocenters. The van der Waals surface area contributed by atoms with Gasteiger partial charge >= 0.3 is 0 Å². The third kappa shape index (κ3) is 9.42. The lowest BCUT2D eigenvalue weighted by Crippen LogP contribution is -2.51. The van der Waals surface area contributed by atoms with E-state index in [2.05, 4.69) is 32.9 Å². The minimum atomic E-state index is -0.226. The molecule has 0 radical (unpaired) electrons. The van der Waals surface area contributed by atoms with Crippen LogP contribution in [0.25, 0.3) is 0 Å². The van der Waals surface area contributed by atoms with Crippen LogP contribution in [-0.4, -0.2) is 75.3 Å². The lowest BCUT2D eigenvalue weighted by atomic mass is 10.1. The van der Waals surface area contributed by atoms with E-state index in [4.69, 9.17) is 4.74 Å². The third-order valence-corrected chi connectivity index (χ3v) is 2.99. The first kappa shape index (κ1) is 21.4. The molecule has 1 aliphatic rings. The van der Waals surface area contributed by atoms with Crippen LogP contribution in [0.5, 0.6) is 0 Å². The number of carbonyl (C=O) groups is 1. The van der Waals surface area contributed by atoms with Crippen molar-refractivity contribution in [2.24, 2.45) is 4.99 Å². The van der Waals surface area contributed by atoms with E-state index in [0.717, 1.165) is 19.7 Å². The quantitative estimate of drug-likeness (QED) is 0.335. The van der Waals surface area contributed by atoms with Crippen molar-refractivity contribution in [2.45, 2.75) is 32.4 Å². The average molecular weight is 427 g/mol. The summed E-state index contributed by atoms with van der Waals surface area (Å²) in [5.74, 6) is 0.551. The Morgan fingerprint density at radius 2 is 2.05 bits per heavy atom. The van der Waals surface area contributed by atoms with Crippen molar-refractivity contribution in [2.75, 3.05) is 46.9 Å². The van der Waals surface area contributed by atoms with E-state index >= 15 is 0 Å². The molecule has 0 bridgehead atoms. The molecule has 1 aliphatic heterocycles. The molecular weight excluding hydrogens is 397 g/mol. The highest BCUT2D eigenvalue weighted by Gasteiger charge is 2.18. The summed E-state index contributed by atoms with van der Waals surface area (Å²) in [4.78, 5) is 18.1. The van der Waals surface area contributed by atoms with Gasteiger partial charge in [-0.3, -0.25) is 9.79 Å². The van der Waals surface area contributed by atoms with Gasteiger partial charge in [-0.05, 0) is 27.8 Å². The molecule has 1 rings (SSSR count). The second-order valence-electron chi connectivity index (χ2n) is 6.36. The number of halogens is 1. The topological polar surface area (TPSA) is 78.0 Å². The van der Waals surface area contributed by atoms with E-state index in [1.54, 1.807) is 7.05 Å². The molecule has 22 heavy (non-hydrogen) atoms. The highest BCUT2D eigenvalue weighted by Crippen LogP contribution is 2.01. The molecule has 130 valence electrons. The van der Waals surface area contributed by atoms with Crippen LogP contribution in [0, 0.1) is 0 Å². The van der Waals surface area contributed by atoms with Crippen molar-refractivity contribution in [1.82, 2.24) is 20.9 Å². The van der Waals surface area contributed by atoms with Crippen LogP contribution >= 0.6 is 24.0 Å². The van der Waals surface area contributed by atoms with E-state index in [1.807, 2.05) is 20.8 Å². The van der Waals surface area contributed by atoms with Crippen LogP contribution in [0.15, 0.2) is 4.99 Å². The molecule has 8 heteroatoms. The summed E-state index contributed by atoms with van der Waals surface area (Å²) in [6.45, 7) is 9.35. The van der Waals surface area contributed by atoms with Crippen molar-refractivity contribution < 1.29 is 9.53 Å². The Labute approximate surface area is 150 Å². The van der Waals surface area contributed by atoms with E-state index in [0.29, 0.717) is 12.5 Å². The maximum atomic E-state index is 11.7. The van der Waals surface area contributed by atoms with Gasteiger partial charge in [0.1, 0.15) is 0 Å². The largest absolute Gasteiger partial charge is 0.374 e. The standard InChI is InChI=1S/C14H29N5O2.HI/c1-14(2,3)18-12(20)9-17-13(15-4)16-8-11-10-19(5)6-7-21-11;/h11H,6-10H2,1-5H3,(H,18,20)(H2,15,16,17);1H. The van der Waals surface area contributed by atoms with Gasteiger partial charge in [0.05, 0.1) is 19.3 Å². The number of aliphatic imine (C=N–C) groups is 1. The van der Waals surface area contributed by atoms with Crippen molar-refractivity contribution in [3.05, 3.63) is 0 Å². The van der Waals surface area contributed by atoms with Crippen molar-refractivity contribution in [3.63, 3.8) is 0 Å². The van der Waals surface area contributed by atoms with Crippen LogP contribution in [0.3, 0.4) is 0 Å². The van der Waals surface area contributed by atoms with Crippen LogP contribution in [0.2, 0.25) is 0 Å². The van der Waals surface area contributed by atoms with Gasteiger partial charge in [0.15, 0.2) is 5.96 Å². The molecule has 0 spiro atoms. The van der Waals surface area contributed by atoms with Gasteiger partial charge in [-0.25, -0.2) is 0 Å². The van der Waals surface area contributed by atoms with Gasteiger partial charge in [0, 0.05) is 32.2 Å². The van der Waals surface area contributed by atoms with E-state index in [9.17, 15) is 4.79 Å². The molecule has 1 heterocycles. The minimum absolute atomic E-state index is 0. The smallest absolute Gasteiger partial charge is 0.239 e. The SMILES string of the molecule is CN=C(NCC(=O)NC(C)(C)C)NCC1CN(C)CCO1.I. The number of hydrogen-bond acceptors (Lipinski definition) is 4. The molecule has 3 N–H and O–H groups in total. The van der Waals surface area contributed by atoms with Crippen molar-refractivity contribution >= 4 is 35.8 Å². The molecule has 0 aliphatic carbocycles. The summed E-state index contributed by atoms with van der Waals surface area (Å²) < 4.78 is 5.67. The van der Waals surface area contributed by atoms with Gasteiger partial charge in [-0.2, -0.15) is 0 Å². The Morgan fingerprint density at radius 3 is 2.59 bits per heavy atom. The third-order valence-electron chi connectivity index (χ3n) is 2.99. The number of hydrogen-bond donors (Lipinski definition) is 3. The Bertz CT molecular complexity index is 371. The number of ether oxygens (including phenoxy) is 1. The number of amides is 1. The van der Waals surface area contributed by atoms with Gasteiger partial charge in [0.2, 0.25) is 5.91 Å². The summed E-state index contributed by atoms with van der Waals surface area (Å²) in [5.41, 5.74) is -0.226. The molecule has 0 aromatic rings. The first-order valence-electron chi connectivity index (χ1n) is 7.36. The average Bonchev–Trinajstić information content (AvgIpc) is 2.37. The normalized spacial score (nSPS) is 20.0. The number of likely N-dealkylation sites (N-methyl/N-ethyl adjacent to an activating group) is 1. The number of rotatable bonds is 4. The maximum absolute atomic E-state index is 11.7. The number of guanidine groups is 1. The molecule has 1 amide bonds. The lowest BCUT2D eigenvalue weighted by molar-refractivity contribution is -0.121. The Morgan fingerprint density at radius 1 is 1.36 bits per heavy atom. The fraction of sp³-hybridized carbons (Fsp3) is 0.857. The maximum Gasteiger partial charge on any atom is 0.239 e. The Kier molecular flexibility index (Phi) is 9.94. The highest BCUT2D eigenvalue weighted by atomic mass is 127. The molecule has 0 saturated carbocycles. The molecule has 1 atom stereocenters. The predicted molar refractivity (Wildman–Crippen MR) is 99.9 cm³/mol. The van der Waals surface area contributed by atoms with E-state index < -0.39 is 0 Å². The molecular formula is C14H30IN5O2. The van der Waals surface area contributed by atoms with Crippen molar-refractivity contribution in [3.8, 4) is 0 Å². The number of nitrogens with zero attached hydrogens (tertiary/aromatic N) is 2. The first-order valence-corrected chi connectivity index (χ1v) is 7.36. The molecule has 0 aromatic heterocycles. The van der Waals surface area contributed by atoms with Gasteiger partial charge < -0.3 is 25.6 Å². The first-order chi connectivity index (χ1) is 9.80. The van der Waals surface area contributed by atoms with E-state index in [1.165, 1.54) is 0 Å². The Balaban J connectivity index is 0.00000441. The lowest BCUT2D eigenvalue weighted by Gasteiger charge is -2.30. The molecule has 1 fully saturated rings. The van der Waals surface area contributed by atoms with Gasteiger partial charge in [-0.15, -0.1) is 24.0 Å². The number of morpholine rings is 1. The fourth-order valence-corrected chi connectivity index (χ4v) is 2.05. The summed E-state index contributed by atoms with van der Waals surface area (Å²) in [5, 5.41) is 9.08. The van der Waals surface area contributed by atoms with E-state index in [-0.39, 0.29) is 48.1 Å². The van der Waals surface area contributed by atoms with Crippen molar-refractivity contribution in [1.29, 1.82) is 0 Å². The highest BCUT2D eigenvalue weighted by molar-refractivity contribution is 14.0. The number of nitrogens with one attached hydrogen (secondary N) is 3. The summed E-state index contributed by atoms with van der Waals surface area (Å²) in [6.07, 6.45) is 0.144. The minimum Gasteiger partial charge on any atom is -0.374 e. The monoisotopic (exact) mass is 427 g/mol. The summed E-state index contributed by atoms with van der Waals surface area (Å²) >= 11 is 0. The number of carbonyl (C=O) groups excluding carboxylic acids is 1. The fourth-order valence-electron chi connectivity index (χ4n) is 2.05. The summed E-state index contributed by atoms with van der Waals surface area (Å²) in [6, 6.07) is 0. The van der Waals surface area contributed by atoms with Crippen LogP contribution in [0.4, 0.5) is 0 Å². The van der Waals surface area contributed by atoms with Crippen LogP contribution in [0.1, 0.15) is 20.8 Å². The zero-order chi connectivity index (χ0) is 15.9. The zero-order valence-corrected chi connectivity index (χ0v) is 16.6.